The normalized spacial score (nSPS) is 10.3. The van der Waals surface area contributed by atoms with E-state index in [-0.39, 0.29) is 0 Å². The lowest BCUT2D eigenvalue weighted by atomic mass is 10.1. The van der Waals surface area contributed by atoms with E-state index in [0.717, 1.165) is 0 Å². The van der Waals surface area contributed by atoms with Crippen LogP contribution in [0, 0.1) is 17.1 Å². The molecule has 6 heteroatoms. The van der Waals surface area contributed by atoms with Crippen LogP contribution in [0.1, 0.15) is 23.2 Å². The molecule has 0 atom stereocenters. The number of aliphatic hydroxyl groups excluding tert-OH is 1. The van der Waals surface area contributed by atoms with Gasteiger partial charge in [-0.25, -0.2) is 13.2 Å². The molecular formula is C8H5F3N2O. The Morgan fingerprint density at radius 1 is 1.57 bits per heavy atom. The van der Waals surface area contributed by atoms with Crippen LogP contribution in [0.2, 0.25) is 0 Å². The van der Waals surface area contributed by atoms with Gasteiger partial charge in [0.15, 0.2) is 5.82 Å². The lowest BCUT2D eigenvalue weighted by Crippen LogP contribution is -2.04. The van der Waals surface area contributed by atoms with Crippen molar-refractivity contribution in [1.29, 1.82) is 5.26 Å². The summed E-state index contributed by atoms with van der Waals surface area (Å²) in [4.78, 5) is 3.12. The summed E-state index contributed by atoms with van der Waals surface area (Å²) in [5.74, 6) is -1.01. The van der Waals surface area contributed by atoms with Crippen molar-refractivity contribution in [1.82, 2.24) is 4.98 Å². The fourth-order valence-electron chi connectivity index (χ4n) is 1.01. The zero-order chi connectivity index (χ0) is 10.7. The van der Waals surface area contributed by atoms with Crippen LogP contribution < -0.4 is 0 Å². The number of pyridine rings is 1. The summed E-state index contributed by atoms with van der Waals surface area (Å²) in [6.45, 7) is -0.840. The first-order valence-electron chi connectivity index (χ1n) is 3.58. The molecule has 0 unspecified atom stereocenters. The summed E-state index contributed by atoms with van der Waals surface area (Å²) >= 11 is 0. The van der Waals surface area contributed by atoms with Gasteiger partial charge in [0.25, 0.3) is 6.43 Å². The van der Waals surface area contributed by atoms with E-state index in [1.165, 1.54) is 6.07 Å². The fourth-order valence-corrected chi connectivity index (χ4v) is 1.01. The van der Waals surface area contributed by atoms with Gasteiger partial charge in [-0.1, -0.05) is 0 Å². The molecule has 0 aliphatic heterocycles. The summed E-state index contributed by atoms with van der Waals surface area (Å²) < 4.78 is 37.4. The third-order valence-electron chi connectivity index (χ3n) is 1.64. The molecule has 1 aromatic rings. The number of hydrogen-bond acceptors (Lipinski definition) is 3. The third-order valence-corrected chi connectivity index (χ3v) is 1.64. The second-order valence-corrected chi connectivity index (χ2v) is 2.42. The zero-order valence-corrected chi connectivity index (χ0v) is 6.84. The first-order valence-corrected chi connectivity index (χ1v) is 3.58. The molecule has 0 bridgehead atoms. The van der Waals surface area contributed by atoms with Gasteiger partial charge in [-0.05, 0) is 0 Å². The molecule has 1 N–H and O–H groups in total. The molecule has 74 valence electrons. The SMILES string of the molecule is N#Cc1c(F)cnc(C(F)F)c1CO. The number of halogens is 3. The van der Waals surface area contributed by atoms with Gasteiger partial charge in [0.05, 0.1) is 18.4 Å². The lowest BCUT2D eigenvalue weighted by Gasteiger charge is -2.07. The van der Waals surface area contributed by atoms with E-state index in [0.29, 0.717) is 6.20 Å². The molecule has 1 aromatic heterocycles. The number of rotatable bonds is 2. The van der Waals surface area contributed by atoms with E-state index in [1.807, 2.05) is 0 Å². The summed E-state index contributed by atoms with van der Waals surface area (Å²) in [5, 5.41) is 17.2. The number of alkyl halides is 2. The highest BCUT2D eigenvalue weighted by Gasteiger charge is 2.20. The van der Waals surface area contributed by atoms with Gasteiger partial charge >= 0.3 is 0 Å². The number of nitriles is 1. The Hall–Kier alpha value is -1.61. The fraction of sp³-hybridized carbons (Fsp3) is 0.250. The minimum atomic E-state index is -2.94. The Bertz CT molecular complexity index is 387. The Kier molecular flexibility index (Phi) is 3.04. The molecule has 3 nitrogen and oxygen atoms in total. The van der Waals surface area contributed by atoms with Crippen molar-refractivity contribution in [3.63, 3.8) is 0 Å². The van der Waals surface area contributed by atoms with Crippen LogP contribution in [-0.2, 0) is 6.61 Å². The average molecular weight is 202 g/mol. The smallest absolute Gasteiger partial charge is 0.280 e. The Morgan fingerprint density at radius 3 is 2.64 bits per heavy atom. The van der Waals surface area contributed by atoms with Crippen LogP contribution in [0.25, 0.3) is 0 Å². The van der Waals surface area contributed by atoms with Gasteiger partial charge in [0.1, 0.15) is 11.8 Å². The van der Waals surface area contributed by atoms with Crippen molar-refractivity contribution in [2.75, 3.05) is 0 Å². The molecule has 0 spiro atoms. The molecule has 0 radical (unpaired) electrons. The molecule has 0 saturated heterocycles. The topological polar surface area (TPSA) is 56.9 Å². The molecule has 1 heterocycles. The second-order valence-electron chi connectivity index (χ2n) is 2.42. The molecule has 0 aliphatic rings. The summed E-state index contributed by atoms with van der Waals surface area (Å²) in [7, 11) is 0. The van der Waals surface area contributed by atoms with E-state index in [9.17, 15) is 13.2 Å². The predicted molar refractivity (Wildman–Crippen MR) is 39.8 cm³/mol. The van der Waals surface area contributed by atoms with Crippen molar-refractivity contribution in [2.45, 2.75) is 13.0 Å². The number of hydrogen-bond donors (Lipinski definition) is 1. The largest absolute Gasteiger partial charge is 0.392 e. The van der Waals surface area contributed by atoms with Gasteiger partial charge in [-0.2, -0.15) is 5.26 Å². The van der Waals surface area contributed by atoms with E-state index in [4.69, 9.17) is 10.4 Å². The minimum Gasteiger partial charge on any atom is -0.392 e. The van der Waals surface area contributed by atoms with Gasteiger partial charge in [0.2, 0.25) is 0 Å². The van der Waals surface area contributed by atoms with Crippen molar-refractivity contribution in [3.05, 3.63) is 28.8 Å². The molecular weight excluding hydrogens is 197 g/mol. The molecule has 1 rings (SSSR count). The molecule has 0 aromatic carbocycles. The first-order chi connectivity index (χ1) is 6.61. The van der Waals surface area contributed by atoms with Crippen LogP contribution in [0.4, 0.5) is 13.2 Å². The third kappa shape index (κ3) is 1.67. The van der Waals surface area contributed by atoms with Crippen LogP contribution in [-0.4, -0.2) is 10.1 Å². The van der Waals surface area contributed by atoms with Crippen molar-refractivity contribution >= 4 is 0 Å². The van der Waals surface area contributed by atoms with Crippen LogP contribution in [0.15, 0.2) is 6.20 Å². The minimum absolute atomic E-state index is 0.456. The van der Waals surface area contributed by atoms with Crippen molar-refractivity contribution in [3.8, 4) is 6.07 Å². The van der Waals surface area contributed by atoms with E-state index in [2.05, 4.69) is 4.98 Å². The Labute approximate surface area is 77.4 Å². The maximum absolute atomic E-state index is 12.8. The molecule has 0 fully saturated rings. The van der Waals surface area contributed by atoms with Gasteiger partial charge < -0.3 is 5.11 Å². The van der Waals surface area contributed by atoms with Gasteiger partial charge in [-0.3, -0.25) is 4.98 Å². The van der Waals surface area contributed by atoms with Crippen molar-refractivity contribution < 1.29 is 18.3 Å². The van der Waals surface area contributed by atoms with E-state index >= 15 is 0 Å². The average Bonchev–Trinajstić information content (AvgIpc) is 2.16. The van der Waals surface area contributed by atoms with Crippen molar-refractivity contribution in [2.24, 2.45) is 0 Å². The maximum atomic E-state index is 12.8. The first kappa shape index (κ1) is 10.5. The monoisotopic (exact) mass is 202 g/mol. The van der Waals surface area contributed by atoms with E-state index < -0.39 is 35.7 Å². The molecule has 0 amide bonds. The second kappa shape index (κ2) is 4.07. The Morgan fingerprint density at radius 2 is 2.21 bits per heavy atom. The maximum Gasteiger partial charge on any atom is 0.280 e. The van der Waals surface area contributed by atoms with Gasteiger partial charge in [-0.15, -0.1) is 0 Å². The number of aliphatic hydroxyl groups is 1. The highest BCUT2D eigenvalue weighted by Crippen LogP contribution is 2.24. The number of nitrogens with zero attached hydrogens (tertiary/aromatic N) is 2. The highest BCUT2D eigenvalue weighted by molar-refractivity contribution is 5.40. The van der Waals surface area contributed by atoms with Crippen LogP contribution in [0.5, 0.6) is 0 Å². The number of aromatic nitrogens is 1. The predicted octanol–water partition coefficient (Wildman–Crippen LogP) is 1.52. The highest BCUT2D eigenvalue weighted by atomic mass is 19.3. The van der Waals surface area contributed by atoms with Crippen LogP contribution in [0.3, 0.4) is 0 Å². The molecule has 14 heavy (non-hydrogen) atoms. The summed E-state index contributed by atoms with van der Waals surface area (Å²) in [5.41, 5.74) is -1.80. The summed E-state index contributed by atoms with van der Waals surface area (Å²) in [6.07, 6.45) is -2.40. The lowest BCUT2D eigenvalue weighted by molar-refractivity contribution is 0.141. The standard InChI is InChI=1S/C8H5F3N2O/c9-6-2-13-7(8(10)11)5(3-14)4(6)1-12/h2,8,14H,3H2. The molecule has 0 aliphatic carbocycles. The van der Waals surface area contributed by atoms with E-state index in [1.54, 1.807) is 0 Å². The Balaban J connectivity index is 3.42. The summed E-state index contributed by atoms with van der Waals surface area (Å²) in [6, 6.07) is 1.40. The van der Waals surface area contributed by atoms with Gasteiger partial charge in [0, 0.05) is 5.56 Å². The van der Waals surface area contributed by atoms with Crippen LogP contribution >= 0.6 is 0 Å². The zero-order valence-electron chi connectivity index (χ0n) is 6.84. The quantitative estimate of drug-likeness (QED) is 0.790. The molecule has 0 saturated carbocycles.